The first-order chi connectivity index (χ1) is 9.35. The second-order valence-electron chi connectivity index (χ2n) is 4.77. The van der Waals surface area contributed by atoms with Crippen LogP contribution in [0.15, 0.2) is 48.8 Å². The Morgan fingerprint density at radius 3 is 2.42 bits per heavy atom. The molecule has 19 heavy (non-hydrogen) atoms. The standard InChI is InChI=1S/C17H22N2/c1-3-11-19-17(16-6-5-12-18-13-16)15-9-7-14(4-2)8-10-15/h5-10,12-13,17,19H,3-4,11H2,1-2H3. The van der Waals surface area contributed by atoms with Crippen molar-refractivity contribution >= 4 is 0 Å². The van der Waals surface area contributed by atoms with Crippen LogP contribution in [0.1, 0.15) is 43.0 Å². The lowest BCUT2D eigenvalue weighted by Gasteiger charge is -2.19. The summed E-state index contributed by atoms with van der Waals surface area (Å²) in [7, 11) is 0. The molecule has 2 aromatic rings. The molecule has 100 valence electrons. The molecule has 0 fully saturated rings. The highest BCUT2D eigenvalue weighted by molar-refractivity contribution is 5.32. The quantitative estimate of drug-likeness (QED) is 0.849. The van der Waals surface area contributed by atoms with E-state index in [1.165, 1.54) is 16.7 Å². The van der Waals surface area contributed by atoms with E-state index in [2.05, 4.69) is 54.5 Å². The summed E-state index contributed by atoms with van der Waals surface area (Å²) in [4.78, 5) is 4.23. The molecule has 0 bridgehead atoms. The normalized spacial score (nSPS) is 12.3. The average molecular weight is 254 g/mol. The van der Waals surface area contributed by atoms with Gasteiger partial charge >= 0.3 is 0 Å². The van der Waals surface area contributed by atoms with Crippen molar-refractivity contribution in [2.24, 2.45) is 0 Å². The number of pyridine rings is 1. The van der Waals surface area contributed by atoms with Crippen molar-refractivity contribution in [2.75, 3.05) is 6.54 Å². The smallest absolute Gasteiger partial charge is 0.0591 e. The molecule has 0 amide bonds. The van der Waals surface area contributed by atoms with Gasteiger partial charge in [-0.2, -0.15) is 0 Å². The molecule has 1 unspecified atom stereocenters. The lowest BCUT2D eigenvalue weighted by atomic mass is 9.98. The maximum Gasteiger partial charge on any atom is 0.0591 e. The summed E-state index contributed by atoms with van der Waals surface area (Å²) in [5.74, 6) is 0. The van der Waals surface area contributed by atoms with Gasteiger partial charge in [0.05, 0.1) is 6.04 Å². The van der Waals surface area contributed by atoms with E-state index < -0.39 is 0 Å². The summed E-state index contributed by atoms with van der Waals surface area (Å²) in [6, 6.07) is 13.2. The summed E-state index contributed by atoms with van der Waals surface area (Å²) < 4.78 is 0. The Hall–Kier alpha value is -1.67. The monoisotopic (exact) mass is 254 g/mol. The number of hydrogen-bond donors (Lipinski definition) is 1. The number of benzene rings is 1. The summed E-state index contributed by atoms with van der Waals surface area (Å²) in [5.41, 5.74) is 3.91. The highest BCUT2D eigenvalue weighted by Crippen LogP contribution is 2.21. The first-order valence-corrected chi connectivity index (χ1v) is 7.07. The Bertz CT molecular complexity index is 476. The van der Waals surface area contributed by atoms with Crippen molar-refractivity contribution in [1.29, 1.82) is 0 Å². The largest absolute Gasteiger partial charge is 0.306 e. The molecule has 1 atom stereocenters. The predicted octanol–water partition coefficient (Wildman–Crippen LogP) is 3.73. The Balaban J connectivity index is 2.26. The molecule has 0 spiro atoms. The fourth-order valence-corrected chi connectivity index (χ4v) is 2.21. The Labute approximate surface area is 115 Å². The third kappa shape index (κ3) is 3.65. The van der Waals surface area contributed by atoms with Crippen LogP contribution in [0.2, 0.25) is 0 Å². The van der Waals surface area contributed by atoms with Crippen LogP contribution in [0, 0.1) is 0 Å². The third-order valence-electron chi connectivity index (χ3n) is 3.34. The summed E-state index contributed by atoms with van der Waals surface area (Å²) in [6.45, 7) is 5.38. The van der Waals surface area contributed by atoms with Crippen molar-refractivity contribution in [3.8, 4) is 0 Å². The van der Waals surface area contributed by atoms with Gasteiger partial charge in [-0.1, -0.05) is 44.2 Å². The van der Waals surface area contributed by atoms with Crippen LogP contribution >= 0.6 is 0 Å². The van der Waals surface area contributed by atoms with E-state index in [0.717, 1.165) is 19.4 Å². The number of nitrogens with zero attached hydrogens (tertiary/aromatic N) is 1. The number of aryl methyl sites for hydroxylation is 1. The molecule has 0 aliphatic rings. The predicted molar refractivity (Wildman–Crippen MR) is 80.2 cm³/mol. The van der Waals surface area contributed by atoms with Crippen molar-refractivity contribution in [2.45, 2.75) is 32.7 Å². The molecule has 2 rings (SSSR count). The maximum atomic E-state index is 4.23. The molecule has 0 saturated carbocycles. The van der Waals surface area contributed by atoms with Crippen LogP contribution in [0.25, 0.3) is 0 Å². The van der Waals surface area contributed by atoms with Gasteiger partial charge in [-0.15, -0.1) is 0 Å². The van der Waals surface area contributed by atoms with Crippen molar-refractivity contribution in [3.05, 3.63) is 65.5 Å². The van der Waals surface area contributed by atoms with E-state index in [1.54, 1.807) is 0 Å². The second kappa shape index (κ2) is 7.05. The van der Waals surface area contributed by atoms with Crippen LogP contribution in [-0.2, 0) is 6.42 Å². The molecule has 0 aliphatic heterocycles. The van der Waals surface area contributed by atoms with Gasteiger partial charge < -0.3 is 5.32 Å². The van der Waals surface area contributed by atoms with Gasteiger partial charge in [0.15, 0.2) is 0 Å². The zero-order chi connectivity index (χ0) is 13.5. The molecule has 1 aromatic carbocycles. The molecule has 0 radical (unpaired) electrons. The van der Waals surface area contributed by atoms with E-state index in [1.807, 2.05) is 18.5 Å². The molecule has 1 N–H and O–H groups in total. The van der Waals surface area contributed by atoms with E-state index in [9.17, 15) is 0 Å². The minimum Gasteiger partial charge on any atom is -0.306 e. The summed E-state index contributed by atoms with van der Waals surface area (Å²) in [5, 5.41) is 3.60. The van der Waals surface area contributed by atoms with Crippen molar-refractivity contribution < 1.29 is 0 Å². The Morgan fingerprint density at radius 2 is 1.84 bits per heavy atom. The van der Waals surface area contributed by atoms with Gasteiger partial charge in [0, 0.05) is 12.4 Å². The van der Waals surface area contributed by atoms with Gasteiger partial charge in [-0.3, -0.25) is 4.98 Å². The molecular formula is C17H22N2. The van der Waals surface area contributed by atoms with Gasteiger partial charge in [-0.25, -0.2) is 0 Å². The number of hydrogen-bond acceptors (Lipinski definition) is 2. The average Bonchev–Trinajstić information content (AvgIpc) is 2.49. The zero-order valence-corrected chi connectivity index (χ0v) is 11.8. The zero-order valence-electron chi connectivity index (χ0n) is 11.8. The number of rotatable bonds is 6. The fraction of sp³-hybridized carbons (Fsp3) is 0.353. The van der Waals surface area contributed by atoms with Crippen LogP contribution < -0.4 is 5.32 Å². The lowest BCUT2D eigenvalue weighted by Crippen LogP contribution is -2.23. The Kier molecular flexibility index (Phi) is 5.10. The molecule has 0 aliphatic carbocycles. The molecular weight excluding hydrogens is 232 g/mol. The van der Waals surface area contributed by atoms with Gasteiger partial charge in [0.2, 0.25) is 0 Å². The highest BCUT2D eigenvalue weighted by atomic mass is 14.9. The van der Waals surface area contributed by atoms with Crippen LogP contribution in [-0.4, -0.2) is 11.5 Å². The van der Waals surface area contributed by atoms with Crippen LogP contribution in [0.3, 0.4) is 0 Å². The highest BCUT2D eigenvalue weighted by Gasteiger charge is 2.12. The second-order valence-corrected chi connectivity index (χ2v) is 4.77. The fourth-order valence-electron chi connectivity index (χ4n) is 2.21. The van der Waals surface area contributed by atoms with E-state index in [-0.39, 0.29) is 6.04 Å². The topological polar surface area (TPSA) is 24.9 Å². The minimum absolute atomic E-state index is 0.236. The third-order valence-corrected chi connectivity index (χ3v) is 3.34. The van der Waals surface area contributed by atoms with Crippen LogP contribution in [0.5, 0.6) is 0 Å². The van der Waals surface area contributed by atoms with E-state index in [4.69, 9.17) is 0 Å². The lowest BCUT2D eigenvalue weighted by molar-refractivity contribution is 0.597. The van der Waals surface area contributed by atoms with E-state index >= 15 is 0 Å². The first-order valence-electron chi connectivity index (χ1n) is 7.07. The minimum atomic E-state index is 0.236. The van der Waals surface area contributed by atoms with Gasteiger partial charge in [0.25, 0.3) is 0 Å². The van der Waals surface area contributed by atoms with Crippen molar-refractivity contribution in [3.63, 3.8) is 0 Å². The molecule has 1 aromatic heterocycles. The van der Waals surface area contributed by atoms with Gasteiger partial charge in [0.1, 0.15) is 0 Å². The number of aromatic nitrogens is 1. The first kappa shape index (κ1) is 13.8. The SMILES string of the molecule is CCCNC(c1ccc(CC)cc1)c1cccnc1. The summed E-state index contributed by atoms with van der Waals surface area (Å²) >= 11 is 0. The molecule has 2 nitrogen and oxygen atoms in total. The summed E-state index contributed by atoms with van der Waals surface area (Å²) in [6.07, 6.45) is 5.98. The van der Waals surface area contributed by atoms with Crippen LogP contribution in [0.4, 0.5) is 0 Å². The van der Waals surface area contributed by atoms with Crippen molar-refractivity contribution in [1.82, 2.24) is 10.3 Å². The molecule has 2 heteroatoms. The maximum absolute atomic E-state index is 4.23. The molecule has 1 heterocycles. The Morgan fingerprint density at radius 1 is 1.05 bits per heavy atom. The molecule has 0 saturated heterocycles. The van der Waals surface area contributed by atoms with Gasteiger partial charge in [-0.05, 0) is 42.1 Å². The van der Waals surface area contributed by atoms with E-state index in [0.29, 0.717) is 0 Å². The number of nitrogens with one attached hydrogen (secondary N) is 1.